The smallest absolute Gasteiger partial charge is 0.360 e. The molecule has 3 rings (SSSR count). The third-order valence-electron chi connectivity index (χ3n) is 3.51. The van der Waals surface area contributed by atoms with Gasteiger partial charge in [-0.25, -0.2) is 19.7 Å². The van der Waals surface area contributed by atoms with Gasteiger partial charge in [-0.05, 0) is 6.42 Å². The molecule has 0 aliphatic heterocycles. The summed E-state index contributed by atoms with van der Waals surface area (Å²) in [4.78, 5) is 24.1. The van der Waals surface area contributed by atoms with Crippen LogP contribution < -0.4 is 0 Å². The molecule has 3 aromatic rings. The summed E-state index contributed by atoms with van der Waals surface area (Å²) < 4.78 is 20.7. The number of carbonyl (C=O) groups is 1. The first kappa shape index (κ1) is 16.0. The molecule has 8 heteroatoms. The van der Waals surface area contributed by atoms with Crippen molar-refractivity contribution in [3.05, 3.63) is 30.4 Å². The predicted molar refractivity (Wildman–Crippen MR) is 82.2 cm³/mol. The van der Waals surface area contributed by atoms with Gasteiger partial charge in [0.1, 0.15) is 18.8 Å². The zero-order valence-corrected chi connectivity index (χ0v) is 13.6. The van der Waals surface area contributed by atoms with Gasteiger partial charge in [-0.1, -0.05) is 20.3 Å². The van der Waals surface area contributed by atoms with Crippen LogP contribution >= 0.6 is 0 Å². The van der Waals surface area contributed by atoms with E-state index in [4.69, 9.17) is 13.3 Å². The van der Waals surface area contributed by atoms with Crippen molar-refractivity contribution in [3.63, 3.8) is 0 Å². The van der Waals surface area contributed by atoms with Crippen molar-refractivity contribution in [1.29, 1.82) is 0 Å². The van der Waals surface area contributed by atoms with Crippen LogP contribution in [-0.4, -0.2) is 28.0 Å². The fourth-order valence-electron chi connectivity index (χ4n) is 2.25. The molecule has 0 bridgehead atoms. The van der Waals surface area contributed by atoms with E-state index in [9.17, 15) is 4.79 Å². The van der Waals surface area contributed by atoms with Gasteiger partial charge in [0.15, 0.2) is 23.0 Å². The molecule has 0 amide bonds. The molecular weight excluding hydrogens is 314 g/mol. The Balaban J connectivity index is 1.81. The number of esters is 1. The summed E-state index contributed by atoms with van der Waals surface area (Å²) in [6.07, 6.45) is 6.13. The second-order valence-corrected chi connectivity index (χ2v) is 5.33. The normalized spacial score (nSPS) is 12.3. The molecule has 0 spiro atoms. The lowest BCUT2D eigenvalue weighted by Crippen LogP contribution is -2.00. The Kier molecular flexibility index (Phi) is 4.45. The number of oxazole rings is 3. The summed E-state index contributed by atoms with van der Waals surface area (Å²) in [7, 11) is 1.27. The number of hydrogen-bond donors (Lipinski definition) is 0. The lowest BCUT2D eigenvalue weighted by atomic mass is 10.1. The number of aromatic nitrogens is 3. The van der Waals surface area contributed by atoms with Crippen molar-refractivity contribution in [3.8, 4) is 23.2 Å². The summed E-state index contributed by atoms with van der Waals surface area (Å²) >= 11 is 0. The van der Waals surface area contributed by atoms with Crippen molar-refractivity contribution < 1.29 is 22.8 Å². The van der Waals surface area contributed by atoms with Crippen LogP contribution in [-0.2, 0) is 4.74 Å². The summed E-state index contributed by atoms with van der Waals surface area (Å²) in [5.41, 5.74) is 0.916. The molecule has 0 aromatic carbocycles. The Bertz CT molecular complexity index is 832. The summed E-state index contributed by atoms with van der Waals surface area (Å²) in [5, 5.41) is 0. The van der Waals surface area contributed by atoms with Crippen LogP contribution in [0.5, 0.6) is 0 Å². The van der Waals surface area contributed by atoms with Crippen LogP contribution in [0.2, 0.25) is 0 Å². The van der Waals surface area contributed by atoms with Crippen molar-refractivity contribution >= 4 is 5.97 Å². The topological polar surface area (TPSA) is 104 Å². The maximum absolute atomic E-state index is 11.4. The lowest BCUT2D eigenvalue weighted by Gasteiger charge is -2.02. The van der Waals surface area contributed by atoms with Crippen molar-refractivity contribution in [2.24, 2.45) is 0 Å². The van der Waals surface area contributed by atoms with Gasteiger partial charge < -0.3 is 18.0 Å². The van der Waals surface area contributed by atoms with E-state index in [2.05, 4.69) is 33.5 Å². The standard InChI is InChI=1S/C16H17N3O5/c1-4-5-9(2)13-17-10(6-22-13)14-18-11(7-23-14)15-19-12(8-24-15)16(20)21-3/h6-9H,4-5H2,1-3H3. The van der Waals surface area contributed by atoms with Gasteiger partial charge in [-0.15, -0.1) is 0 Å². The van der Waals surface area contributed by atoms with Crippen LogP contribution in [0.15, 0.2) is 32.0 Å². The van der Waals surface area contributed by atoms with E-state index in [0.717, 1.165) is 12.8 Å². The highest BCUT2D eigenvalue weighted by Crippen LogP contribution is 2.27. The van der Waals surface area contributed by atoms with E-state index in [1.807, 2.05) is 0 Å². The summed E-state index contributed by atoms with van der Waals surface area (Å²) in [6, 6.07) is 0. The predicted octanol–water partition coefficient (Wildman–Crippen LogP) is 3.67. The molecule has 0 N–H and O–H groups in total. The largest absolute Gasteiger partial charge is 0.464 e. The van der Waals surface area contributed by atoms with E-state index in [0.29, 0.717) is 23.2 Å². The van der Waals surface area contributed by atoms with Gasteiger partial charge in [0.05, 0.1) is 7.11 Å². The zero-order chi connectivity index (χ0) is 17.1. The molecule has 0 radical (unpaired) electrons. The number of methoxy groups -OCH3 is 1. The first-order valence-corrected chi connectivity index (χ1v) is 7.58. The SMILES string of the molecule is CCCC(C)c1nc(-c2nc(-c3nc(C(=O)OC)co3)co2)co1. The number of rotatable bonds is 6. The first-order chi connectivity index (χ1) is 11.6. The second kappa shape index (κ2) is 6.69. The van der Waals surface area contributed by atoms with Gasteiger partial charge >= 0.3 is 5.97 Å². The number of hydrogen-bond acceptors (Lipinski definition) is 8. The van der Waals surface area contributed by atoms with Crippen molar-refractivity contribution in [2.45, 2.75) is 32.6 Å². The molecule has 126 valence electrons. The zero-order valence-electron chi connectivity index (χ0n) is 13.6. The lowest BCUT2D eigenvalue weighted by molar-refractivity contribution is 0.0594. The molecule has 0 aliphatic rings. The van der Waals surface area contributed by atoms with Gasteiger partial charge in [-0.2, -0.15) is 0 Å². The molecule has 8 nitrogen and oxygen atoms in total. The molecule has 0 aliphatic carbocycles. The monoisotopic (exact) mass is 331 g/mol. The Labute approximate surface area is 137 Å². The molecule has 0 saturated carbocycles. The van der Waals surface area contributed by atoms with E-state index >= 15 is 0 Å². The quantitative estimate of drug-likeness (QED) is 0.630. The molecular formula is C16H17N3O5. The van der Waals surface area contributed by atoms with Crippen LogP contribution in [0.25, 0.3) is 23.2 Å². The van der Waals surface area contributed by atoms with E-state index in [1.165, 1.54) is 25.9 Å². The number of carbonyl (C=O) groups excluding carboxylic acids is 1. The summed E-state index contributed by atoms with van der Waals surface area (Å²) in [6.45, 7) is 4.17. The highest BCUT2D eigenvalue weighted by atomic mass is 16.5. The molecule has 0 saturated heterocycles. The average Bonchev–Trinajstić information content (AvgIpc) is 3.32. The maximum Gasteiger partial charge on any atom is 0.360 e. The number of nitrogens with zero attached hydrogens (tertiary/aromatic N) is 3. The van der Waals surface area contributed by atoms with Crippen LogP contribution in [0.1, 0.15) is 49.0 Å². The third-order valence-corrected chi connectivity index (χ3v) is 3.51. The minimum absolute atomic E-state index is 0.0640. The molecule has 0 fully saturated rings. The minimum atomic E-state index is -0.584. The first-order valence-electron chi connectivity index (χ1n) is 7.58. The fourth-order valence-corrected chi connectivity index (χ4v) is 2.25. The van der Waals surface area contributed by atoms with Gasteiger partial charge in [0, 0.05) is 5.92 Å². The fraction of sp³-hybridized carbons (Fsp3) is 0.375. The molecule has 1 unspecified atom stereocenters. The molecule has 3 heterocycles. The van der Waals surface area contributed by atoms with Crippen LogP contribution in [0.4, 0.5) is 0 Å². The highest BCUT2D eigenvalue weighted by molar-refractivity contribution is 5.87. The van der Waals surface area contributed by atoms with E-state index in [-0.39, 0.29) is 17.5 Å². The maximum atomic E-state index is 11.4. The van der Waals surface area contributed by atoms with Crippen LogP contribution in [0, 0.1) is 0 Å². The Morgan fingerprint density at radius 1 is 1.08 bits per heavy atom. The van der Waals surface area contributed by atoms with Crippen molar-refractivity contribution in [2.75, 3.05) is 7.11 Å². The van der Waals surface area contributed by atoms with Crippen LogP contribution in [0.3, 0.4) is 0 Å². The summed E-state index contributed by atoms with van der Waals surface area (Å²) in [5.74, 6) is 0.748. The molecule has 1 atom stereocenters. The third kappa shape index (κ3) is 3.08. The molecule has 24 heavy (non-hydrogen) atoms. The number of ether oxygens (including phenoxy) is 1. The minimum Gasteiger partial charge on any atom is -0.464 e. The van der Waals surface area contributed by atoms with E-state index < -0.39 is 5.97 Å². The average molecular weight is 331 g/mol. The highest BCUT2D eigenvalue weighted by Gasteiger charge is 2.19. The van der Waals surface area contributed by atoms with E-state index in [1.54, 1.807) is 0 Å². The van der Waals surface area contributed by atoms with Gasteiger partial charge in [0.2, 0.25) is 11.8 Å². The second-order valence-electron chi connectivity index (χ2n) is 5.33. The Hall–Kier alpha value is -2.90. The van der Waals surface area contributed by atoms with Gasteiger partial charge in [-0.3, -0.25) is 0 Å². The Morgan fingerprint density at radius 3 is 2.50 bits per heavy atom. The molecule has 3 aromatic heterocycles. The van der Waals surface area contributed by atoms with Crippen molar-refractivity contribution in [1.82, 2.24) is 15.0 Å². The van der Waals surface area contributed by atoms with Gasteiger partial charge in [0.25, 0.3) is 0 Å². The Morgan fingerprint density at radius 2 is 1.75 bits per heavy atom.